The van der Waals surface area contributed by atoms with Crippen molar-refractivity contribution in [1.82, 2.24) is 10.2 Å². The van der Waals surface area contributed by atoms with Gasteiger partial charge in [-0.15, -0.1) is 0 Å². The molecule has 2 unspecified atom stereocenters. The lowest BCUT2D eigenvalue weighted by Crippen LogP contribution is -2.68. The lowest BCUT2D eigenvalue weighted by Gasteiger charge is -2.52. The van der Waals surface area contributed by atoms with Gasteiger partial charge < -0.3 is 10.1 Å². The Morgan fingerprint density at radius 2 is 2.00 bits per heavy atom. The van der Waals surface area contributed by atoms with Gasteiger partial charge in [0.1, 0.15) is 0 Å². The van der Waals surface area contributed by atoms with E-state index in [1.165, 1.54) is 45.2 Å². The van der Waals surface area contributed by atoms with Crippen LogP contribution in [0, 0.1) is 5.92 Å². The predicted octanol–water partition coefficient (Wildman–Crippen LogP) is 2.66. The van der Waals surface area contributed by atoms with E-state index in [2.05, 4.69) is 31.0 Å². The van der Waals surface area contributed by atoms with E-state index in [0.29, 0.717) is 11.1 Å². The van der Waals surface area contributed by atoms with Gasteiger partial charge in [0, 0.05) is 37.9 Å². The number of hydrogen-bond donors (Lipinski definition) is 1. The van der Waals surface area contributed by atoms with E-state index in [1.807, 2.05) is 0 Å². The number of methoxy groups -OCH3 is 1. The summed E-state index contributed by atoms with van der Waals surface area (Å²) in [6.07, 6.45) is 6.50. The molecule has 0 aromatic carbocycles. The number of nitrogens with one attached hydrogen (secondary N) is 1. The molecule has 1 N–H and O–H groups in total. The van der Waals surface area contributed by atoms with Crippen LogP contribution in [0.4, 0.5) is 0 Å². The Morgan fingerprint density at radius 3 is 2.58 bits per heavy atom. The molecular weight excluding hydrogens is 236 g/mol. The maximum absolute atomic E-state index is 5.17. The van der Waals surface area contributed by atoms with Crippen LogP contribution in [0.1, 0.15) is 52.9 Å². The van der Waals surface area contributed by atoms with Crippen LogP contribution in [0.3, 0.4) is 0 Å². The van der Waals surface area contributed by atoms with E-state index in [1.54, 1.807) is 7.11 Å². The molecule has 0 amide bonds. The van der Waals surface area contributed by atoms with Crippen LogP contribution in [0.2, 0.25) is 0 Å². The summed E-state index contributed by atoms with van der Waals surface area (Å²) in [6, 6.07) is 0. The monoisotopic (exact) mass is 268 g/mol. The third-order valence-corrected chi connectivity index (χ3v) is 5.42. The SMILES string of the molecule is CCC1(C)CNC(C)(C2CC2)CN1CCCCOC. The van der Waals surface area contributed by atoms with Gasteiger partial charge in [0.2, 0.25) is 0 Å². The minimum atomic E-state index is 0.335. The highest BCUT2D eigenvalue weighted by atomic mass is 16.5. The van der Waals surface area contributed by atoms with Crippen molar-refractivity contribution in [3.8, 4) is 0 Å². The maximum atomic E-state index is 5.17. The Hall–Kier alpha value is -0.120. The molecule has 0 aromatic rings. The molecule has 2 atom stereocenters. The second-order valence-electron chi connectivity index (χ2n) is 7.02. The van der Waals surface area contributed by atoms with Crippen LogP contribution in [0.5, 0.6) is 0 Å². The highest BCUT2D eigenvalue weighted by molar-refractivity contribution is 5.07. The molecule has 1 aliphatic carbocycles. The predicted molar refractivity (Wildman–Crippen MR) is 80.5 cm³/mol. The normalized spacial score (nSPS) is 36.6. The Bertz CT molecular complexity index is 292. The summed E-state index contributed by atoms with van der Waals surface area (Å²) in [5.41, 5.74) is 0.692. The van der Waals surface area contributed by atoms with Crippen LogP contribution in [-0.4, -0.2) is 49.3 Å². The van der Waals surface area contributed by atoms with Gasteiger partial charge in [0.15, 0.2) is 0 Å². The zero-order chi connectivity index (χ0) is 13.9. The van der Waals surface area contributed by atoms with E-state index < -0.39 is 0 Å². The number of ether oxygens (including phenoxy) is 1. The van der Waals surface area contributed by atoms with Gasteiger partial charge in [-0.2, -0.15) is 0 Å². The van der Waals surface area contributed by atoms with Crippen molar-refractivity contribution in [2.24, 2.45) is 5.92 Å². The highest BCUT2D eigenvalue weighted by Crippen LogP contribution is 2.43. The molecule has 2 fully saturated rings. The molecule has 0 spiro atoms. The summed E-state index contributed by atoms with van der Waals surface area (Å²) in [6.45, 7) is 11.6. The third kappa shape index (κ3) is 3.50. The van der Waals surface area contributed by atoms with Crippen LogP contribution in [-0.2, 0) is 4.74 Å². The van der Waals surface area contributed by atoms with E-state index in [0.717, 1.165) is 19.1 Å². The fraction of sp³-hybridized carbons (Fsp3) is 1.00. The van der Waals surface area contributed by atoms with Gasteiger partial charge in [0.25, 0.3) is 0 Å². The van der Waals surface area contributed by atoms with E-state index >= 15 is 0 Å². The van der Waals surface area contributed by atoms with Gasteiger partial charge in [-0.05, 0) is 58.4 Å². The van der Waals surface area contributed by atoms with Crippen LogP contribution < -0.4 is 5.32 Å². The third-order valence-electron chi connectivity index (χ3n) is 5.42. The molecule has 3 nitrogen and oxygen atoms in total. The molecule has 0 bridgehead atoms. The van der Waals surface area contributed by atoms with Gasteiger partial charge in [0.05, 0.1) is 0 Å². The molecule has 3 heteroatoms. The van der Waals surface area contributed by atoms with E-state index in [4.69, 9.17) is 4.74 Å². The lowest BCUT2D eigenvalue weighted by molar-refractivity contribution is 0.00848. The molecule has 2 rings (SSSR count). The highest BCUT2D eigenvalue weighted by Gasteiger charge is 2.48. The summed E-state index contributed by atoms with van der Waals surface area (Å²) in [7, 11) is 1.80. The molecule has 1 saturated carbocycles. The van der Waals surface area contributed by atoms with Gasteiger partial charge in [-0.1, -0.05) is 6.92 Å². The molecule has 1 aliphatic heterocycles. The second-order valence-corrected chi connectivity index (χ2v) is 7.02. The molecule has 0 aromatic heterocycles. The molecule has 19 heavy (non-hydrogen) atoms. The largest absolute Gasteiger partial charge is 0.385 e. The first-order valence-corrected chi connectivity index (χ1v) is 8.03. The first kappa shape index (κ1) is 15.3. The van der Waals surface area contributed by atoms with Gasteiger partial charge >= 0.3 is 0 Å². The van der Waals surface area contributed by atoms with E-state index in [9.17, 15) is 0 Å². The van der Waals surface area contributed by atoms with Crippen molar-refractivity contribution in [3.63, 3.8) is 0 Å². The summed E-state index contributed by atoms with van der Waals surface area (Å²) >= 11 is 0. The smallest absolute Gasteiger partial charge is 0.0462 e. The van der Waals surface area contributed by atoms with Crippen LogP contribution in [0.25, 0.3) is 0 Å². The zero-order valence-corrected chi connectivity index (χ0v) is 13.3. The Labute approximate surface area is 119 Å². The van der Waals surface area contributed by atoms with Crippen LogP contribution in [0.15, 0.2) is 0 Å². The van der Waals surface area contributed by atoms with Crippen molar-refractivity contribution >= 4 is 0 Å². The average Bonchev–Trinajstić information content (AvgIpc) is 3.24. The zero-order valence-electron chi connectivity index (χ0n) is 13.3. The summed E-state index contributed by atoms with van der Waals surface area (Å²) in [4.78, 5) is 2.75. The summed E-state index contributed by atoms with van der Waals surface area (Å²) in [5.74, 6) is 0.912. The fourth-order valence-corrected chi connectivity index (χ4v) is 3.39. The minimum absolute atomic E-state index is 0.335. The van der Waals surface area contributed by atoms with Crippen molar-refractivity contribution in [2.45, 2.75) is 64.0 Å². The van der Waals surface area contributed by atoms with Crippen molar-refractivity contribution in [3.05, 3.63) is 0 Å². The van der Waals surface area contributed by atoms with Gasteiger partial charge in [-0.25, -0.2) is 0 Å². The average molecular weight is 268 g/mol. The maximum Gasteiger partial charge on any atom is 0.0462 e. The second kappa shape index (κ2) is 6.11. The topological polar surface area (TPSA) is 24.5 Å². The van der Waals surface area contributed by atoms with Crippen LogP contribution >= 0.6 is 0 Å². The number of piperazine rings is 1. The van der Waals surface area contributed by atoms with Crippen molar-refractivity contribution < 1.29 is 4.74 Å². The van der Waals surface area contributed by atoms with Crippen molar-refractivity contribution in [2.75, 3.05) is 33.4 Å². The standard InChI is InChI=1S/C16H32N2O/c1-5-15(2)12-17-16(3,14-8-9-14)13-18(15)10-6-7-11-19-4/h14,17H,5-13H2,1-4H3. The molecule has 112 valence electrons. The lowest BCUT2D eigenvalue weighted by atomic mass is 9.84. The number of hydrogen-bond acceptors (Lipinski definition) is 3. The first-order chi connectivity index (χ1) is 9.04. The number of nitrogens with zero attached hydrogens (tertiary/aromatic N) is 1. The first-order valence-electron chi connectivity index (χ1n) is 8.03. The quantitative estimate of drug-likeness (QED) is 0.718. The minimum Gasteiger partial charge on any atom is -0.385 e. The summed E-state index contributed by atoms with van der Waals surface area (Å²) < 4.78 is 5.17. The van der Waals surface area contributed by atoms with E-state index in [-0.39, 0.29) is 0 Å². The molecule has 1 heterocycles. The Morgan fingerprint density at radius 1 is 1.26 bits per heavy atom. The Kier molecular flexibility index (Phi) is 4.91. The Balaban J connectivity index is 1.92. The molecule has 1 saturated heterocycles. The van der Waals surface area contributed by atoms with Crippen molar-refractivity contribution in [1.29, 1.82) is 0 Å². The molecule has 2 aliphatic rings. The molecule has 0 radical (unpaired) electrons. The summed E-state index contributed by atoms with van der Waals surface area (Å²) in [5, 5.41) is 3.86. The fourth-order valence-electron chi connectivity index (χ4n) is 3.39. The number of rotatable bonds is 7. The molecular formula is C16H32N2O. The number of unbranched alkanes of at least 4 members (excludes halogenated alkanes) is 1. The van der Waals surface area contributed by atoms with Gasteiger partial charge in [-0.3, -0.25) is 4.90 Å².